The maximum Gasteiger partial charge on any atom is 0.240 e. The first-order chi connectivity index (χ1) is 10.0. The van der Waals surface area contributed by atoms with Crippen LogP contribution in [-0.2, 0) is 16.6 Å². The van der Waals surface area contributed by atoms with E-state index in [0.29, 0.717) is 0 Å². The zero-order valence-electron chi connectivity index (χ0n) is 11.0. The van der Waals surface area contributed by atoms with Gasteiger partial charge in [0.25, 0.3) is 0 Å². The molecule has 110 valence electrons. The molecule has 0 aliphatic carbocycles. The summed E-state index contributed by atoms with van der Waals surface area (Å²) < 4.78 is 39.5. The normalized spacial score (nSPS) is 11.0. The van der Waals surface area contributed by atoms with Gasteiger partial charge in [-0.05, 0) is 30.3 Å². The van der Waals surface area contributed by atoms with Crippen LogP contribution in [0.4, 0.5) is 4.39 Å². The van der Waals surface area contributed by atoms with Crippen molar-refractivity contribution in [3.63, 3.8) is 0 Å². The quantitative estimate of drug-likeness (QED) is 0.841. The molecule has 0 atom stereocenters. The summed E-state index contributed by atoms with van der Waals surface area (Å²) in [5.41, 5.74) is 5.28. The number of halogens is 1. The molecule has 1 aromatic heterocycles. The van der Waals surface area contributed by atoms with E-state index in [0.717, 1.165) is 15.8 Å². The Morgan fingerprint density at radius 3 is 2.81 bits per heavy atom. The molecule has 1 aromatic carbocycles. The van der Waals surface area contributed by atoms with E-state index in [9.17, 15) is 12.8 Å². The first kappa shape index (κ1) is 15.7. The summed E-state index contributed by atoms with van der Waals surface area (Å²) in [5, 5.41) is 0. The van der Waals surface area contributed by atoms with Gasteiger partial charge in [-0.25, -0.2) is 17.5 Å². The van der Waals surface area contributed by atoms with Gasteiger partial charge < -0.3 is 5.73 Å². The summed E-state index contributed by atoms with van der Waals surface area (Å²) in [6.45, 7) is 0.410. The number of hydrogen-bond donors (Lipinski definition) is 2. The Balaban J connectivity index is 2.07. The van der Waals surface area contributed by atoms with E-state index in [-0.39, 0.29) is 18.0 Å². The maximum atomic E-state index is 13.1. The predicted octanol–water partition coefficient (Wildman–Crippen LogP) is 1.68. The van der Waals surface area contributed by atoms with Crippen molar-refractivity contribution < 1.29 is 12.8 Å². The van der Waals surface area contributed by atoms with Crippen LogP contribution < -0.4 is 10.5 Å². The lowest BCUT2D eigenvalue weighted by Crippen LogP contribution is -2.22. The second kappa shape index (κ2) is 6.83. The Kier molecular flexibility index (Phi) is 5.09. The number of thiophene rings is 1. The molecule has 0 radical (unpaired) electrons. The van der Waals surface area contributed by atoms with Gasteiger partial charge in [0, 0.05) is 11.4 Å². The molecule has 2 aromatic rings. The predicted molar refractivity (Wildman–Crippen MR) is 80.7 cm³/mol. The SMILES string of the molecule is NCC#Cc1ccc(CNS(=O)(=O)c2cccc(F)c2)s1. The summed E-state index contributed by atoms with van der Waals surface area (Å²) in [5.74, 6) is 5.02. The molecule has 0 saturated heterocycles. The Bertz CT molecular complexity index is 789. The molecule has 0 unspecified atom stereocenters. The number of nitrogens with one attached hydrogen (secondary N) is 1. The molecule has 0 fully saturated rings. The van der Waals surface area contributed by atoms with Crippen molar-refractivity contribution in [3.05, 3.63) is 52.0 Å². The fourth-order valence-electron chi connectivity index (χ4n) is 1.56. The molecular weight excluding hydrogens is 311 g/mol. The van der Waals surface area contributed by atoms with Crippen LogP contribution in [0.25, 0.3) is 0 Å². The van der Waals surface area contributed by atoms with Crippen molar-refractivity contribution in [2.24, 2.45) is 5.73 Å². The van der Waals surface area contributed by atoms with Gasteiger partial charge in [0.05, 0.1) is 16.3 Å². The molecule has 0 bridgehead atoms. The number of hydrogen-bond acceptors (Lipinski definition) is 4. The minimum absolute atomic E-state index is 0.0952. The molecule has 7 heteroatoms. The largest absolute Gasteiger partial charge is 0.320 e. The Hall–Kier alpha value is -1.72. The number of sulfonamides is 1. The van der Waals surface area contributed by atoms with Crippen LogP contribution in [0.15, 0.2) is 41.3 Å². The molecule has 3 N–H and O–H groups in total. The highest BCUT2D eigenvalue weighted by atomic mass is 32.2. The lowest BCUT2D eigenvalue weighted by atomic mass is 10.4. The number of benzene rings is 1. The fraction of sp³-hybridized carbons (Fsp3) is 0.143. The molecule has 0 spiro atoms. The third kappa shape index (κ3) is 4.37. The van der Waals surface area contributed by atoms with Crippen LogP contribution in [-0.4, -0.2) is 15.0 Å². The fourth-order valence-corrected chi connectivity index (χ4v) is 3.51. The van der Waals surface area contributed by atoms with Crippen molar-refractivity contribution >= 4 is 21.4 Å². The minimum atomic E-state index is -3.73. The second-order valence-electron chi connectivity index (χ2n) is 4.05. The zero-order chi connectivity index (χ0) is 15.3. The summed E-state index contributed by atoms with van der Waals surface area (Å²) in [4.78, 5) is 1.54. The summed E-state index contributed by atoms with van der Waals surface area (Å²) in [6.07, 6.45) is 0. The van der Waals surface area contributed by atoms with Gasteiger partial charge in [-0.2, -0.15) is 0 Å². The van der Waals surface area contributed by atoms with Gasteiger partial charge in [0.2, 0.25) is 10.0 Å². The maximum absolute atomic E-state index is 13.1. The molecule has 0 aliphatic rings. The Morgan fingerprint density at radius 1 is 1.29 bits per heavy atom. The van der Waals surface area contributed by atoms with Crippen LogP contribution in [0.2, 0.25) is 0 Å². The van der Waals surface area contributed by atoms with E-state index < -0.39 is 15.8 Å². The van der Waals surface area contributed by atoms with Crippen molar-refractivity contribution in [1.82, 2.24) is 4.72 Å². The summed E-state index contributed by atoms with van der Waals surface area (Å²) in [7, 11) is -3.73. The van der Waals surface area contributed by atoms with Crippen molar-refractivity contribution in [2.75, 3.05) is 6.54 Å². The van der Waals surface area contributed by atoms with Crippen LogP contribution in [0, 0.1) is 17.7 Å². The first-order valence-corrected chi connectivity index (χ1v) is 8.34. The first-order valence-electron chi connectivity index (χ1n) is 6.04. The molecule has 0 amide bonds. The van der Waals surface area contributed by atoms with E-state index in [4.69, 9.17) is 5.73 Å². The van der Waals surface area contributed by atoms with Gasteiger partial charge in [0.15, 0.2) is 0 Å². The molecular formula is C14H13FN2O2S2. The zero-order valence-corrected chi connectivity index (χ0v) is 12.6. The topological polar surface area (TPSA) is 72.2 Å². The van der Waals surface area contributed by atoms with E-state index >= 15 is 0 Å². The lowest BCUT2D eigenvalue weighted by Gasteiger charge is -2.05. The van der Waals surface area contributed by atoms with E-state index in [2.05, 4.69) is 16.6 Å². The van der Waals surface area contributed by atoms with E-state index in [1.54, 1.807) is 12.1 Å². The highest BCUT2D eigenvalue weighted by Gasteiger charge is 2.14. The van der Waals surface area contributed by atoms with Crippen LogP contribution in [0.5, 0.6) is 0 Å². The van der Waals surface area contributed by atoms with Crippen LogP contribution in [0.1, 0.15) is 9.75 Å². The molecule has 21 heavy (non-hydrogen) atoms. The second-order valence-corrected chi connectivity index (χ2v) is 6.99. The van der Waals surface area contributed by atoms with Crippen molar-refractivity contribution in [3.8, 4) is 11.8 Å². The lowest BCUT2D eigenvalue weighted by molar-refractivity contribution is 0.578. The van der Waals surface area contributed by atoms with E-state index in [1.807, 2.05) is 0 Å². The molecule has 1 heterocycles. The third-order valence-corrected chi connectivity index (χ3v) is 4.92. The summed E-state index contributed by atoms with van der Waals surface area (Å²) in [6, 6.07) is 8.47. The average molecular weight is 324 g/mol. The molecule has 4 nitrogen and oxygen atoms in total. The standard InChI is InChI=1S/C14H13FN2O2S2/c15-11-3-1-5-14(9-11)21(18,19)17-10-13-7-6-12(20-13)4-2-8-16/h1,3,5-7,9,17H,8,10,16H2. The third-order valence-electron chi connectivity index (χ3n) is 2.52. The van der Waals surface area contributed by atoms with Gasteiger partial charge in [-0.1, -0.05) is 17.9 Å². The number of rotatable bonds is 4. The van der Waals surface area contributed by atoms with Crippen molar-refractivity contribution in [1.29, 1.82) is 0 Å². The number of nitrogens with two attached hydrogens (primary N) is 1. The molecule has 0 saturated carbocycles. The van der Waals surface area contributed by atoms with Crippen molar-refractivity contribution in [2.45, 2.75) is 11.4 Å². The monoisotopic (exact) mass is 324 g/mol. The highest BCUT2D eigenvalue weighted by Crippen LogP contribution is 2.17. The molecule has 2 rings (SSSR count). The smallest absolute Gasteiger partial charge is 0.240 e. The van der Waals surface area contributed by atoms with Gasteiger partial charge in [-0.15, -0.1) is 11.3 Å². The molecule has 0 aliphatic heterocycles. The van der Waals surface area contributed by atoms with Crippen LogP contribution in [0.3, 0.4) is 0 Å². The Morgan fingerprint density at radius 2 is 2.10 bits per heavy atom. The van der Waals surface area contributed by atoms with E-state index in [1.165, 1.54) is 29.5 Å². The highest BCUT2D eigenvalue weighted by molar-refractivity contribution is 7.89. The summed E-state index contributed by atoms with van der Waals surface area (Å²) >= 11 is 1.38. The van der Waals surface area contributed by atoms with Crippen LogP contribution >= 0.6 is 11.3 Å². The minimum Gasteiger partial charge on any atom is -0.320 e. The van der Waals surface area contributed by atoms with Gasteiger partial charge >= 0.3 is 0 Å². The average Bonchev–Trinajstić information content (AvgIpc) is 2.91. The Labute approximate surface area is 126 Å². The van der Waals surface area contributed by atoms with Gasteiger partial charge in [0.1, 0.15) is 5.82 Å². The van der Waals surface area contributed by atoms with Gasteiger partial charge in [-0.3, -0.25) is 0 Å².